The zero-order chi connectivity index (χ0) is 20.1. The maximum absolute atomic E-state index is 12.4. The van der Waals surface area contributed by atoms with Gasteiger partial charge in [0.1, 0.15) is 5.75 Å². The number of aliphatic hydroxyl groups is 1. The smallest absolute Gasteiger partial charge is 0.387 e. The average Bonchev–Trinajstić information content (AvgIpc) is 2.98. The van der Waals surface area contributed by atoms with E-state index in [4.69, 9.17) is 0 Å². The average molecular weight is 414 g/mol. The Morgan fingerprint density at radius 3 is 2.71 bits per heavy atom. The molecule has 1 fully saturated rings. The second-order valence-corrected chi connectivity index (χ2v) is 8.85. The van der Waals surface area contributed by atoms with Crippen LogP contribution in [-0.4, -0.2) is 51.7 Å². The number of nitrogens with zero attached hydrogens (tertiary/aromatic N) is 2. The zero-order valence-electron chi connectivity index (χ0n) is 16.7. The summed E-state index contributed by atoms with van der Waals surface area (Å²) < 4.78 is 31.5. The molecule has 1 aromatic rings. The highest BCUT2D eigenvalue weighted by Gasteiger charge is 2.54. The third-order valence-electron chi connectivity index (χ3n) is 5.73. The van der Waals surface area contributed by atoms with Crippen LogP contribution in [0.25, 0.3) is 0 Å². The monoisotopic (exact) mass is 413 g/mol. The van der Waals surface area contributed by atoms with Crippen molar-refractivity contribution in [3.63, 3.8) is 0 Å². The fourth-order valence-electron chi connectivity index (χ4n) is 3.91. The van der Waals surface area contributed by atoms with E-state index in [1.165, 1.54) is 31.4 Å². The third-order valence-corrected chi connectivity index (χ3v) is 6.96. The van der Waals surface area contributed by atoms with Crippen molar-refractivity contribution >= 4 is 16.9 Å². The number of thioether (sulfide) groups is 1. The summed E-state index contributed by atoms with van der Waals surface area (Å²) in [7, 11) is 0. The molecule has 0 amide bonds. The Hall–Kier alpha value is -1.34. The number of hydrogen-bond donors (Lipinski definition) is 1. The first-order valence-electron chi connectivity index (χ1n) is 10.2. The van der Waals surface area contributed by atoms with E-state index in [1.807, 2.05) is 0 Å². The number of fused-ring (bicyclic) bond motifs is 1. The van der Waals surface area contributed by atoms with Gasteiger partial charge in [-0.3, -0.25) is 0 Å². The molecule has 1 saturated heterocycles. The molecule has 0 spiro atoms. The summed E-state index contributed by atoms with van der Waals surface area (Å²) in [6.07, 6.45) is 5.79. The van der Waals surface area contributed by atoms with Crippen molar-refractivity contribution in [3.8, 4) is 5.75 Å². The van der Waals surface area contributed by atoms with E-state index in [1.54, 1.807) is 23.9 Å². The van der Waals surface area contributed by atoms with Crippen LogP contribution in [0, 0.1) is 5.92 Å². The molecule has 0 aromatic heterocycles. The Balaban J connectivity index is 1.70. The first kappa shape index (κ1) is 21.4. The number of amidine groups is 1. The van der Waals surface area contributed by atoms with Crippen molar-refractivity contribution in [2.75, 3.05) is 25.4 Å². The van der Waals surface area contributed by atoms with Gasteiger partial charge in [-0.2, -0.15) is 8.78 Å². The fourth-order valence-corrected chi connectivity index (χ4v) is 5.10. The number of hydrogen-bond acceptors (Lipinski definition) is 4. The topological polar surface area (TPSA) is 35.7 Å². The lowest BCUT2D eigenvalue weighted by molar-refractivity contribution is -0.532. The molecule has 0 unspecified atom stereocenters. The molecule has 0 aliphatic carbocycles. The highest BCUT2D eigenvalue weighted by Crippen LogP contribution is 2.37. The van der Waals surface area contributed by atoms with E-state index in [9.17, 15) is 13.9 Å². The highest BCUT2D eigenvalue weighted by atomic mass is 32.2. The molecule has 2 aliphatic heterocycles. The standard InChI is InChI=1S/C21H31F2N2O2S/c1-3-16(2)7-4-5-12-24-15-21(26,25-13-6-14-28-20(24)25)17-8-10-18(11-9-17)27-19(22)23/h8-11,16,19,26H,3-7,12-15H2,1-2H3/q+1/t16-,21-/m1/s1. The van der Waals surface area contributed by atoms with E-state index in [0.29, 0.717) is 6.54 Å². The summed E-state index contributed by atoms with van der Waals surface area (Å²) >= 11 is 1.80. The van der Waals surface area contributed by atoms with E-state index in [2.05, 4.69) is 28.1 Å². The van der Waals surface area contributed by atoms with Gasteiger partial charge in [-0.15, -0.1) is 0 Å². The molecule has 3 rings (SSSR count). The van der Waals surface area contributed by atoms with Gasteiger partial charge < -0.3 is 9.84 Å². The largest absolute Gasteiger partial charge is 0.435 e. The van der Waals surface area contributed by atoms with Crippen LogP contribution in [0.2, 0.25) is 0 Å². The number of alkyl halides is 2. The summed E-state index contributed by atoms with van der Waals surface area (Å²) in [6.45, 7) is 3.93. The fraction of sp³-hybridized carbons (Fsp3) is 0.667. The number of ether oxygens (including phenoxy) is 1. The molecule has 1 aromatic carbocycles. The first-order valence-corrected chi connectivity index (χ1v) is 11.2. The van der Waals surface area contributed by atoms with Crippen LogP contribution < -0.4 is 4.74 Å². The van der Waals surface area contributed by atoms with Crippen molar-refractivity contribution in [1.29, 1.82) is 0 Å². The van der Waals surface area contributed by atoms with Crippen molar-refractivity contribution in [2.24, 2.45) is 5.92 Å². The van der Waals surface area contributed by atoms with Crippen LogP contribution in [0.15, 0.2) is 24.3 Å². The van der Waals surface area contributed by atoms with Gasteiger partial charge in [-0.25, -0.2) is 9.48 Å². The Kier molecular flexibility index (Phi) is 7.20. The number of unbranched alkanes of at least 4 members (excludes halogenated alkanes) is 1. The molecule has 156 valence electrons. The molecule has 4 nitrogen and oxygen atoms in total. The minimum atomic E-state index is -2.84. The molecule has 2 atom stereocenters. The molecule has 7 heteroatoms. The predicted molar refractivity (Wildman–Crippen MR) is 109 cm³/mol. The first-order chi connectivity index (χ1) is 13.4. The number of benzene rings is 1. The van der Waals surface area contributed by atoms with Crippen LogP contribution in [0.4, 0.5) is 8.78 Å². The van der Waals surface area contributed by atoms with Gasteiger partial charge in [-0.05, 0) is 61.2 Å². The summed E-state index contributed by atoms with van der Waals surface area (Å²) in [5.74, 6) is 1.93. The van der Waals surface area contributed by atoms with Gasteiger partial charge >= 0.3 is 11.8 Å². The van der Waals surface area contributed by atoms with Crippen molar-refractivity contribution in [1.82, 2.24) is 4.90 Å². The lowest BCUT2D eigenvalue weighted by Crippen LogP contribution is -2.48. The summed E-state index contributed by atoms with van der Waals surface area (Å²) in [6, 6.07) is 6.40. The quantitative estimate of drug-likeness (QED) is 0.479. The van der Waals surface area contributed by atoms with Gasteiger partial charge in [0.25, 0.3) is 5.72 Å². The maximum atomic E-state index is 12.4. The van der Waals surface area contributed by atoms with E-state index in [-0.39, 0.29) is 5.75 Å². The van der Waals surface area contributed by atoms with Crippen molar-refractivity contribution in [2.45, 2.75) is 58.3 Å². The number of rotatable bonds is 9. The minimum Gasteiger partial charge on any atom is -0.435 e. The van der Waals surface area contributed by atoms with Gasteiger partial charge in [-0.1, -0.05) is 26.7 Å². The van der Waals surface area contributed by atoms with Gasteiger partial charge in [0.15, 0.2) is 6.54 Å². The summed E-state index contributed by atoms with van der Waals surface area (Å²) in [4.78, 5) is 2.08. The lowest BCUT2D eigenvalue weighted by Gasteiger charge is -2.30. The number of β-amino-alcohol motifs (C(OH)–C–C–N with tert-alkyl or cyclic N) is 1. The number of halogens is 2. The lowest BCUT2D eigenvalue weighted by atomic mass is 10.0. The predicted octanol–water partition coefficient (Wildman–Crippen LogP) is 4.47. The minimum absolute atomic E-state index is 0.111. The zero-order valence-corrected chi connectivity index (χ0v) is 17.6. The Labute approximate surface area is 170 Å². The summed E-state index contributed by atoms with van der Waals surface area (Å²) in [5, 5.41) is 12.7. The molecule has 0 saturated carbocycles. The maximum Gasteiger partial charge on any atom is 0.387 e. The van der Waals surface area contributed by atoms with Gasteiger partial charge in [0.05, 0.1) is 13.1 Å². The van der Waals surface area contributed by atoms with Crippen molar-refractivity contribution in [3.05, 3.63) is 29.8 Å². The van der Waals surface area contributed by atoms with Crippen LogP contribution in [-0.2, 0) is 5.72 Å². The second kappa shape index (κ2) is 9.44. The molecule has 2 aliphatic rings. The normalized spacial score (nSPS) is 23.3. The van der Waals surface area contributed by atoms with E-state index >= 15 is 0 Å². The van der Waals surface area contributed by atoms with Gasteiger partial charge in [0.2, 0.25) is 0 Å². The Morgan fingerprint density at radius 2 is 2.04 bits per heavy atom. The van der Waals surface area contributed by atoms with E-state index < -0.39 is 12.3 Å². The van der Waals surface area contributed by atoms with Crippen LogP contribution in [0.1, 0.15) is 51.5 Å². The highest BCUT2D eigenvalue weighted by molar-refractivity contribution is 8.13. The van der Waals surface area contributed by atoms with Crippen LogP contribution in [0.5, 0.6) is 5.75 Å². The molecule has 0 radical (unpaired) electrons. The molecular formula is C21H31F2N2O2S+. The van der Waals surface area contributed by atoms with Crippen molar-refractivity contribution < 1.29 is 23.2 Å². The second-order valence-electron chi connectivity index (χ2n) is 7.79. The third kappa shape index (κ3) is 4.79. The SMILES string of the molecule is CC[C@@H](C)CCCC[N+]1=C2SCCCN2[C@](O)(c2ccc(OC(F)F)cc2)C1. The van der Waals surface area contributed by atoms with Crippen LogP contribution >= 0.6 is 11.8 Å². The van der Waals surface area contributed by atoms with E-state index in [0.717, 1.165) is 48.3 Å². The molecule has 0 bridgehead atoms. The molecular weight excluding hydrogens is 382 g/mol. The Morgan fingerprint density at radius 1 is 1.29 bits per heavy atom. The molecule has 28 heavy (non-hydrogen) atoms. The summed E-state index contributed by atoms with van der Waals surface area (Å²) in [5.41, 5.74) is -0.403. The molecule has 1 N–H and O–H groups in total. The van der Waals surface area contributed by atoms with Gasteiger partial charge in [0, 0.05) is 11.3 Å². The molecule has 2 heterocycles. The Bertz CT molecular complexity index is 683. The van der Waals surface area contributed by atoms with Crippen LogP contribution in [0.3, 0.4) is 0 Å².